The molecule has 2 fully saturated rings. The molecule has 1 aromatic carbocycles. The van der Waals surface area contributed by atoms with Gasteiger partial charge in [-0.3, -0.25) is 4.79 Å². The molecule has 1 saturated heterocycles. The predicted molar refractivity (Wildman–Crippen MR) is 118 cm³/mol. The van der Waals surface area contributed by atoms with Crippen molar-refractivity contribution in [1.29, 1.82) is 0 Å². The minimum absolute atomic E-state index is 0.240. The number of hydrogen-bond acceptors (Lipinski definition) is 3. The molecule has 1 aliphatic heterocycles. The molecule has 1 saturated carbocycles. The Morgan fingerprint density at radius 2 is 1.86 bits per heavy atom. The zero-order chi connectivity index (χ0) is 20.1. The molecule has 1 aromatic heterocycles. The summed E-state index contributed by atoms with van der Waals surface area (Å²) >= 11 is 0. The molecule has 158 valence electrons. The Morgan fingerprint density at radius 1 is 1.10 bits per heavy atom. The van der Waals surface area contributed by atoms with Gasteiger partial charge >= 0.3 is 0 Å². The molecule has 0 bridgehead atoms. The maximum atomic E-state index is 11.8. The van der Waals surface area contributed by atoms with Gasteiger partial charge in [0.05, 0.1) is 6.26 Å². The number of hydrogen-bond donors (Lipinski definition) is 1. The summed E-state index contributed by atoms with van der Waals surface area (Å²) in [5.74, 6) is 1.71. The van der Waals surface area contributed by atoms with Gasteiger partial charge in [0.15, 0.2) is 0 Å². The molecule has 4 nitrogen and oxygen atoms in total. The summed E-state index contributed by atoms with van der Waals surface area (Å²) in [6, 6.07) is 8.84. The maximum absolute atomic E-state index is 11.8. The predicted octanol–water partition coefficient (Wildman–Crippen LogP) is 5.48. The highest BCUT2D eigenvalue weighted by atomic mass is 16.3. The van der Waals surface area contributed by atoms with E-state index in [-0.39, 0.29) is 5.91 Å². The maximum Gasteiger partial charge on any atom is 0.220 e. The summed E-state index contributed by atoms with van der Waals surface area (Å²) in [7, 11) is 0. The second kappa shape index (κ2) is 9.80. The Labute approximate surface area is 175 Å². The van der Waals surface area contributed by atoms with E-state index >= 15 is 0 Å². The summed E-state index contributed by atoms with van der Waals surface area (Å²) < 4.78 is 5.76. The third-order valence-corrected chi connectivity index (χ3v) is 7.08. The Bertz CT molecular complexity index is 783. The molecule has 0 atom stereocenters. The van der Waals surface area contributed by atoms with Gasteiger partial charge in [0.1, 0.15) is 5.58 Å². The van der Waals surface area contributed by atoms with E-state index < -0.39 is 0 Å². The highest BCUT2D eigenvalue weighted by Crippen LogP contribution is 2.35. The van der Waals surface area contributed by atoms with Gasteiger partial charge in [0, 0.05) is 23.4 Å². The smallest absolute Gasteiger partial charge is 0.220 e. The zero-order valence-corrected chi connectivity index (χ0v) is 17.9. The van der Waals surface area contributed by atoms with Crippen molar-refractivity contribution in [2.45, 2.75) is 76.7 Å². The largest absolute Gasteiger partial charge is 0.464 e. The first kappa shape index (κ1) is 20.5. The van der Waals surface area contributed by atoms with E-state index in [1.807, 2.05) is 12.3 Å². The van der Waals surface area contributed by atoms with E-state index in [4.69, 9.17) is 4.42 Å². The van der Waals surface area contributed by atoms with E-state index in [1.54, 1.807) is 0 Å². The number of likely N-dealkylation sites (tertiary alicyclic amines) is 1. The third-order valence-electron chi connectivity index (χ3n) is 7.08. The van der Waals surface area contributed by atoms with Gasteiger partial charge < -0.3 is 14.6 Å². The molecule has 1 aliphatic carbocycles. The number of benzene rings is 1. The van der Waals surface area contributed by atoms with Crippen molar-refractivity contribution in [2.24, 2.45) is 5.92 Å². The molecule has 0 spiro atoms. The molecule has 2 heterocycles. The van der Waals surface area contributed by atoms with Crippen molar-refractivity contribution in [2.75, 3.05) is 19.6 Å². The number of nitrogens with zero attached hydrogens (tertiary/aromatic N) is 1. The van der Waals surface area contributed by atoms with Crippen molar-refractivity contribution in [3.05, 3.63) is 36.1 Å². The second-order valence-corrected chi connectivity index (χ2v) is 9.13. The van der Waals surface area contributed by atoms with E-state index in [0.29, 0.717) is 18.4 Å². The summed E-state index contributed by atoms with van der Waals surface area (Å²) in [6.07, 6.45) is 12.3. The number of amides is 1. The molecule has 4 rings (SSSR count). The topological polar surface area (TPSA) is 45.5 Å². The van der Waals surface area contributed by atoms with Crippen LogP contribution in [-0.4, -0.2) is 36.5 Å². The lowest BCUT2D eigenvalue weighted by molar-refractivity contribution is -0.122. The number of carbonyl (C=O) groups excluding carboxylic acids is 1. The first-order valence-corrected chi connectivity index (χ1v) is 11.7. The fourth-order valence-electron chi connectivity index (χ4n) is 5.27. The molecule has 0 unspecified atom stereocenters. The molecular formula is C25H36N2O2. The van der Waals surface area contributed by atoms with Crippen molar-refractivity contribution >= 4 is 16.9 Å². The van der Waals surface area contributed by atoms with Crippen LogP contribution >= 0.6 is 0 Å². The van der Waals surface area contributed by atoms with Crippen LogP contribution in [0, 0.1) is 5.92 Å². The highest BCUT2D eigenvalue weighted by Gasteiger charge is 2.26. The molecule has 1 amide bonds. The normalized spacial score (nSPS) is 24.0. The fourth-order valence-corrected chi connectivity index (χ4v) is 5.27. The molecule has 29 heavy (non-hydrogen) atoms. The Morgan fingerprint density at radius 3 is 2.62 bits per heavy atom. The van der Waals surface area contributed by atoms with Gasteiger partial charge in [-0.25, -0.2) is 0 Å². The lowest BCUT2D eigenvalue weighted by atomic mass is 9.83. The van der Waals surface area contributed by atoms with Crippen molar-refractivity contribution in [1.82, 2.24) is 10.2 Å². The molecular weight excluding hydrogens is 360 g/mol. The fraction of sp³-hybridized carbons (Fsp3) is 0.640. The van der Waals surface area contributed by atoms with Crippen LogP contribution < -0.4 is 5.32 Å². The van der Waals surface area contributed by atoms with Crippen LogP contribution in [0.2, 0.25) is 0 Å². The SMILES string of the molecule is CCCC(=O)NC1CCC(CCN2CCC(c3coc4ccccc34)CC2)CC1. The monoisotopic (exact) mass is 396 g/mol. The zero-order valence-electron chi connectivity index (χ0n) is 17.9. The van der Waals surface area contributed by atoms with Gasteiger partial charge in [-0.2, -0.15) is 0 Å². The summed E-state index contributed by atoms with van der Waals surface area (Å²) in [6.45, 7) is 5.70. The standard InChI is InChI=1S/C25H36N2O2/c1-2-5-25(28)26-21-10-8-19(9-11-21)12-15-27-16-13-20(14-17-27)23-18-29-24-7-4-3-6-22(23)24/h3-4,6-7,18-21H,2,5,8-17H2,1H3,(H,26,28). The Hall–Kier alpha value is -1.81. The number of fused-ring (bicyclic) bond motifs is 1. The van der Waals surface area contributed by atoms with Crippen molar-refractivity contribution < 1.29 is 9.21 Å². The van der Waals surface area contributed by atoms with Gasteiger partial charge in [0.25, 0.3) is 0 Å². The molecule has 0 radical (unpaired) electrons. The average molecular weight is 397 g/mol. The first-order chi connectivity index (χ1) is 14.2. The van der Waals surface area contributed by atoms with Gasteiger partial charge in [-0.1, -0.05) is 25.1 Å². The number of para-hydroxylation sites is 1. The summed E-state index contributed by atoms with van der Waals surface area (Å²) in [4.78, 5) is 14.4. The van der Waals surface area contributed by atoms with E-state index in [1.165, 1.54) is 62.7 Å². The van der Waals surface area contributed by atoms with Crippen molar-refractivity contribution in [3.8, 4) is 0 Å². The van der Waals surface area contributed by atoms with E-state index in [9.17, 15) is 4.79 Å². The number of furan rings is 1. The Kier molecular flexibility index (Phi) is 6.91. The van der Waals surface area contributed by atoms with E-state index in [2.05, 4.69) is 35.3 Å². The number of nitrogens with one attached hydrogen (secondary N) is 1. The number of carbonyl (C=O) groups is 1. The minimum atomic E-state index is 0.240. The highest BCUT2D eigenvalue weighted by molar-refractivity contribution is 5.81. The van der Waals surface area contributed by atoms with Gasteiger partial charge in [0.2, 0.25) is 5.91 Å². The number of rotatable bonds is 7. The van der Waals surface area contributed by atoms with Crippen LogP contribution in [0.15, 0.2) is 34.9 Å². The molecule has 2 aromatic rings. The van der Waals surface area contributed by atoms with Gasteiger partial charge in [-0.15, -0.1) is 0 Å². The van der Waals surface area contributed by atoms with E-state index in [0.717, 1.165) is 30.8 Å². The van der Waals surface area contributed by atoms with Crippen LogP contribution in [0.3, 0.4) is 0 Å². The second-order valence-electron chi connectivity index (χ2n) is 9.13. The van der Waals surface area contributed by atoms with Gasteiger partial charge in [-0.05, 0) is 88.9 Å². The number of piperidine rings is 1. The third kappa shape index (κ3) is 5.22. The van der Waals surface area contributed by atoms with Crippen molar-refractivity contribution in [3.63, 3.8) is 0 Å². The van der Waals surface area contributed by atoms with Crippen LogP contribution in [-0.2, 0) is 4.79 Å². The Balaban J connectivity index is 1.17. The average Bonchev–Trinajstić information content (AvgIpc) is 3.18. The lowest BCUT2D eigenvalue weighted by Gasteiger charge is -2.34. The van der Waals surface area contributed by atoms with Crippen LogP contribution in [0.1, 0.15) is 76.2 Å². The quantitative estimate of drug-likeness (QED) is 0.674. The van der Waals surface area contributed by atoms with Crippen LogP contribution in [0.25, 0.3) is 11.0 Å². The van der Waals surface area contributed by atoms with Crippen LogP contribution in [0.5, 0.6) is 0 Å². The minimum Gasteiger partial charge on any atom is -0.464 e. The molecule has 4 heteroatoms. The molecule has 1 N–H and O–H groups in total. The first-order valence-electron chi connectivity index (χ1n) is 11.7. The molecule has 2 aliphatic rings. The lowest BCUT2D eigenvalue weighted by Crippen LogP contribution is -2.38. The summed E-state index contributed by atoms with van der Waals surface area (Å²) in [5, 5.41) is 4.52. The summed E-state index contributed by atoms with van der Waals surface area (Å²) in [5.41, 5.74) is 2.43. The van der Waals surface area contributed by atoms with Crippen LogP contribution in [0.4, 0.5) is 0 Å².